The average molecular weight is 361 g/mol. The van der Waals surface area contributed by atoms with E-state index in [0.29, 0.717) is 12.1 Å². The number of aliphatic hydroxyl groups is 1. The van der Waals surface area contributed by atoms with Gasteiger partial charge in [-0.15, -0.1) is 0 Å². The second-order valence-corrected chi connectivity index (χ2v) is 5.35. The van der Waals surface area contributed by atoms with Crippen LogP contribution in [0.1, 0.15) is 43.4 Å². The summed E-state index contributed by atoms with van der Waals surface area (Å²) in [4.78, 5) is 34.3. The molecule has 0 aliphatic rings. The summed E-state index contributed by atoms with van der Waals surface area (Å²) in [7, 11) is 0. The summed E-state index contributed by atoms with van der Waals surface area (Å²) in [5, 5.41) is 21.0. The van der Waals surface area contributed by atoms with Gasteiger partial charge in [0.2, 0.25) is 0 Å². The van der Waals surface area contributed by atoms with E-state index in [2.05, 4.69) is 5.32 Å². The van der Waals surface area contributed by atoms with Crippen molar-refractivity contribution >= 4 is 17.7 Å². The van der Waals surface area contributed by atoms with E-state index in [9.17, 15) is 32.7 Å². The number of aliphatic hydroxyl groups excluding tert-OH is 1. The van der Waals surface area contributed by atoms with Gasteiger partial charge in [-0.1, -0.05) is 19.1 Å². The third-order valence-corrected chi connectivity index (χ3v) is 3.52. The zero-order chi connectivity index (χ0) is 19.2. The quantitative estimate of drug-likeness (QED) is 0.658. The van der Waals surface area contributed by atoms with Gasteiger partial charge in [0, 0.05) is 12.8 Å². The molecule has 0 heterocycles. The van der Waals surface area contributed by atoms with Gasteiger partial charge in [0.1, 0.15) is 11.8 Å². The van der Waals surface area contributed by atoms with Gasteiger partial charge in [-0.25, -0.2) is 4.79 Å². The van der Waals surface area contributed by atoms with Gasteiger partial charge >= 0.3 is 12.1 Å². The Morgan fingerprint density at radius 1 is 1.16 bits per heavy atom. The molecule has 1 amide bonds. The number of alkyl halides is 3. The average Bonchev–Trinajstić information content (AvgIpc) is 2.56. The van der Waals surface area contributed by atoms with Crippen molar-refractivity contribution in [3.05, 3.63) is 35.4 Å². The molecule has 1 aromatic rings. The molecule has 25 heavy (non-hydrogen) atoms. The normalized spacial score (nSPS) is 13.8. The predicted octanol–water partition coefficient (Wildman–Crippen LogP) is 2.07. The van der Waals surface area contributed by atoms with Crippen molar-refractivity contribution in [3.8, 4) is 0 Å². The van der Waals surface area contributed by atoms with E-state index in [1.807, 2.05) is 0 Å². The van der Waals surface area contributed by atoms with E-state index in [-0.39, 0.29) is 30.6 Å². The van der Waals surface area contributed by atoms with Crippen molar-refractivity contribution in [1.29, 1.82) is 0 Å². The molecule has 2 atom stereocenters. The zero-order valence-electron chi connectivity index (χ0n) is 13.3. The maximum Gasteiger partial charge on any atom is 0.416 e. The largest absolute Gasteiger partial charge is 0.480 e. The van der Waals surface area contributed by atoms with Gasteiger partial charge in [0.15, 0.2) is 6.10 Å². The van der Waals surface area contributed by atoms with Crippen LogP contribution < -0.4 is 5.32 Å². The Balaban J connectivity index is 2.76. The van der Waals surface area contributed by atoms with Crippen LogP contribution >= 0.6 is 0 Å². The Kier molecular flexibility index (Phi) is 7.10. The summed E-state index contributed by atoms with van der Waals surface area (Å²) in [6.07, 6.45) is -6.34. The van der Waals surface area contributed by atoms with Crippen LogP contribution in [0.15, 0.2) is 24.3 Å². The topological polar surface area (TPSA) is 104 Å². The van der Waals surface area contributed by atoms with E-state index >= 15 is 0 Å². The predicted molar refractivity (Wildman–Crippen MR) is 80.5 cm³/mol. The van der Waals surface area contributed by atoms with Crippen molar-refractivity contribution in [1.82, 2.24) is 5.32 Å². The number of carboxylic acid groups (broad SMARTS) is 1. The fraction of sp³-hybridized carbons (Fsp3) is 0.438. The number of carbonyl (C=O) groups excluding carboxylic acids is 2. The van der Waals surface area contributed by atoms with Crippen LogP contribution in [0.4, 0.5) is 13.2 Å². The van der Waals surface area contributed by atoms with Crippen molar-refractivity contribution in [2.24, 2.45) is 0 Å². The molecule has 0 fully saturated rings. The molecule has 0 aliphatic carbocycles. The molecule has 0 bridgehead atoms. The fourth-order valence-corrected chi connectivity index (χ4v) is 2.00. The number of amides is 1. The Morgan fingerprint density at radius 2 is 1.72 bits per heavy atom. The minimum Gasteiger partial charge on any atom is -0.480 e. The molecule has 0 saturated carbocycles. The number of nitrogens with one attached hydrogen (secondary N) is 1. The summed E-state index contributed by atoms with van der Waals surface area (Å²) in [6, 6.07) is 1.90. The van der Waals surface area contributed by atoms with E-state index in [1.165, 1.54) is 0 Å². The highest BCUT2D eigenvalue weighted by molar-refractivity contribution is 5.87. The molecule has 6 nitrogen and oxygen atoms in total. The highest BCUT2D eigenvalue weighted by Crippen LogP contribution is 2.29. The Labute approximate surface area is 141 Å². The third kappa shape index (κ3) is 6.18. The lowest BCUT2D eigenvalue weighted by atomic mass is 10.0. The first-order valence-corrected chi connectivity index (χ1v) is 7.46. The van der Waals surface area contributed by atoms with Gasteiger partial charge in [0.25, 0.3) is 5.91 Å². The second-order valence-electron chi connectivity index (χ2n) is 5.35. The molecule has 0 saturated heterocycles. The van der Waals surface area contributed by atoms with Crippen LogP contribution in [0, 0.1) is 0 Å². The lowest BCUT2D eigenvalue weighted by Gasteiger charge is -2.17. The van der Waals surface area contributed by atoms with Gasteiger partial charge in [-0.3, -0.25) is 9.59 Å². The molecule has 9 heteroatoms. The molecule has 0 aliphatic heterocycles. The number of Topliss-reactive ketones (excluding diaryl/α,β-unsaturated/α-hetero) is 1. The summed E-state index contributed by atoms with van der Waals surface area (Å²) in [6.45, 7) is 1.62. The van der Waals surface area contributed by atoms with Crippen molar-refractivity contribution < 1.29 is 37.8 Å². The first kappa shape index (κ1) is 20.6. The standard InChI is InChI=1S/C16H18F3NO5/c1-2-11(21)7-8-12(15(24)25)20-14(23)13(22)9-3-5-10(6-4-9)16(17,18)19/h3-6,12-13,22H,2,7-8H2,1H3,(H,20,23)(H,24,25)/t12-,13-/m0/s1. The van der Waals surface area contributed by atoms with Crippen LogP contribution in [0.5, 0.6) is 0 Å². The van der Waals surface area contributed by atoms with E-state index < -0.39 is 35.8 Å². The number of halogens is 3. The van der Waals surface area contributed by atoms with Gasteiger partial charge in [-0.05, 0) is 24.1 Å². The Morgan fingerprint density at radius 3 is 2.16 bits per heavy atom. The highest BCUT2D eigenvalue weighted by atomic mass is 19.4. The number of hydrogen-bond acceptors (Lipinski definition) is 4. The third-order valence-electron chi connectivity index (χ3n) is 3.52. The SMILES string of the molecule is CCC(=O)CC[C@H](NC(=O)[C@@H](O)c1ccc(C(F)(F)F)cc1)C(=O)O. The summed E-state index contributed by atoms with van der Waals surface area (Å²) in [5.41, 5.74) is -1.05. The van der Waals surface area contributed by atoms with Crippen molar-refractivity contribution in [2.75, 3.05) is 0 Å². The summed E-state index contributed by atoms with van der Waals surface area (Å²) >= 11 is 0. The van der Waals surface area contributed by atoms with Gasteiger partial charge in [-0.2, -0.15) is 13.2 Å². The lowest BCUT2D eigenvalue weighted by Crippen LogP contribution is -2.43. The molecule has 3 N–H and O–H groups in total. The molecule has 1 rings (SSSR count). The number of carbonyl (C=O) groups is 3. The molecular weight excluding hydrogens is 343 g/mol. The smallest absolute Gasteiger partial charge is 0.416 e. The molecule has 138 valence electrons. The fourth-order valence-electron chi connectivity index (χ4n) is 2.00. The van der Waals surface area contributed by atoms with Crippen molar-refractivity contribution in [3.63, 3.8) is 0 Å². The minimum atomic E-state index is -4.55. The van der Waals surface area contributed by atoms with E-state index in [4.69, 9.17) is 5.11 Å². The number of ketones is 1. The molecule has 0 unspecified atom stereocenters. The number of aliphatic carboxylic acids is 1. The first-order valence-electron chi connectivity index (χ1n) is 7.46. The van der Waals surface area contributed by atoms with Gasteiger partial charge in [0.05, 0.1) is 5.56 Å². The molecule has 0 aromatic heterocycles. The van der Waals surface area contributed by atoms with E-state index in [1.54, 1.807) is 6.92 Å². The maximum atomic E-state index is 12.5. The molecule has 0 radical (unpaired) electrons. The molecule has 1 aromatic carbocycles. The minimum absolute atomic E-state index is 0.0515. The lowest BCUT2D eigenvalue weighted by molar-refractivity contribution is -0.144. The number of benzene rings is 1. The van der Waals surface area contributed by atoms with Crippen LogP contribution in [0.3, 0.4) is 0 Å². The monoisotopic (exact) mass is 361 g/mol. The molecular formula is C16H18F3NO5. The number of carboxylic acids is 1. The van der Waals surface area contributed by atoms with Crippen molar-refractivity contribution in [2.45, 2.75) is 44.5 Å². The van der Waals surface area contributed by atoms with Crippen LogP contribution in [-0.4, -0.2) is 33.9 Å². The summed E-state index contributed by atoms with van der Waals surface area (Å²) in [5.74, 6) is -2.63. The Bertz CT molecular complexity index is 628. The van der Waals surface area contributed by atoms with Crippen LogP contribution in [-0.2, 0) is 20.6 Å². The van der Waals surface area contributed by atoms with Crippen LogP contribution in [0.2, 0.25) is 0 Å². The van der Waals surface area contributed by atoms with E-state index in [0.717, 1.165) is 12.1 Å². The van der Waals surface area contributed by atoms with Gasteiger partial charge < -0.3 is 15.5 Å². The highest BCUT2D eigenvalue weighted by Gasteiger charge is 2.31. The van der Waals surface area contributed by atoms with Crippen LogP contribution in [0.25, 0.3) is 0 Å². The number of rotatable bonds is 8. The molecule has 0 spiro atoms. The second kappa shape index (κ2) is 8.61. The Hall–Kier alpha value is -2.42. The number of hydrogen-bond donors (Lipinski definition) is 3. The maximum absolute atomic E-state index is 12.5. The summed E-state index contributed by atoms with van der Waals surface area (Å²) < 4.78 is 37.5. The first-order chi connectivity index (χ1) is 11.6. The zero-order valence-corrected chi connectivity index (χ0v) is 13.3.